The second-order valence-electron chi connectivity index (χ2n) is 25.1. The summed E-state index contributed by atoms with van der Waals surface area (Å²) in [5.74, 6) is 0. The van der Waals surface area contributed by atoms with Crippen molar-refractivity contribution >= 4 is 109 Å². The van der Waals surface area contributed by atoms with Crippen LogP contribution < -0.4 is 0 Å². The number of hydrogen-bond donors (Lipinski definition) is 0. The van der Waals surface area contributed by atoms with E-state index in [4.69, 9.17) is 8.83 Å². The van der Waals surface area contributed by atoms with Crippen molar-refractivity contribution in [2.75, 3.05) is 0 Å². The van der Waals surface area contributed by atoms with E-state index in [0.29, 0.717) is 0 Å². The third-order valence-corrected chi connectivity index (χ3v) is 19.2. The van der Waals surface area contributed by atoms with Gasteiger partial charge in [-0.2, -0.15) is 0 Å². The van der Waals surface area contributed by atoms with Crippen molar-refractivity contribution in [3.05, 3.63) is 278 Å². The molecule has 0 spiro atoms. The van der Waals surface area contributed by atoms with Gasteiger partial charge in [-0.1, -0.05) is 263 Å². The van der Waals surface area contributed by atoms with Gasteiger partial charge in [0.1, 0.15) is 22.3 Å². The van der Waals surface area contributed by atoms with Crippen LogP contribution in [0.25, 0.3) is 186 Å². The summed E-state index contributed by atoms with van der Waals surface area (Å²) in [5, 5.41) is 19.7. The third kappa shape index (κ3) is 7.54. The summed E-state index contributed by atoms with van der Waals surface area (Å²) in [4.78, 5) is 0. The molecule has 0 radical (unpaired) electrons. The van der Waals surface area contributed by atoms with Crippen LogP contribution in [0, 0.1) is 6.92 Å². The molecule has 0 aliphatic carbocycles. The first-order valence-electron chi connectivity index (χ1n) is 30.4. The van der Waals surface area contributed by atoms with E-state index in [-0.39, 0.29) is 5.41 Å². The van der Waals surface area contributed by atoms with Crippen LogP contribution in [0.5, 0.6) is 0 Å². The minimum Gasteiger partial charge on any atom is -0.455 e. The number of para-hydroxylation sites is 3. The van der Waals surface area contributed by atoms with Crippen LogP contribution in [-0.2, 0) is 5.41 Å². The lowest BCUT2D eigenvalue weighted by Crippen LogP contribution is -2.10. The lowest BCUT2D eigenvalue weighted by Gasteiger charge is -2.20. The fourth-order valence-corrected chi connectivity index (χ4v) is 14.8. The molecule has 408 valence electrons. The van der Waals surface area contributed by atoms with Crippen LogP contribution in [-0.4, -0.2) is 0 Å². The van der Waals surface area contributed by atoms with E-state index in [1.54, 1.807) is 0 Å². The molecule has 0 saturated heterocycles. The van der Waals surface area contributed by atoms with E-state index in [1.807, 2.05) is 6.07 Å². The van der Waals surface area contributed by atoms with Crippen LogP contribution in [0.4, 0.5) is 0 Å². The Morgan fingerprint density at radius 1 is 0.241 bits per heavy atom. The van der Waals surface area contributed by atoms with Crippen molar-refractivity contribution in [2.45, 2.75) is 33.1 Å². The highest BCUT2D eigenvalue weighted by molar-refractivity contribution is 6.31. The topological polar surface area (TPSA) is 26.3 Å². The highest BCUT2D eigenvalue weighted by Gasteiger charge is 2.23. The van der Waals surface area contributed by atoms with Crippen molar-refractivity contribution in [3.63, 3.8) is 0 Å². The Kier molecular flexibility index (Phi) is 10.6. The summed E-state index contributed by atoms with van der Waals surface area (Å²) in [6, 6.07) is 99.2. The summed E-state index contributed by atoms with van der Waals surface area (Å²) in [5.41, 5.74) is 22.7. The van der Waals surface area contributed by atoms with Crippen LogP contribution in [0.15, 0.2) is 276 Å². The molecular weight excluding hydrogens is 1050 g/mol. The van der Waals surface area contributed by atoms with E-state index in [2.05, 4.69) is 289 Å². The van der Waals surface area contributed by atoms with E-state index < -0.39 is 0 Å². The molecule has 0 fully saturated rings. The molecule has 2 heteroatoms. The second kappa shape index (κ2) is 18.6. The largest absolute Gasteiger partial charge is 0.455 e. The predicted molar refractivity (Wildman–Crippen MR) is 370 cm³/mol. The highest BCUT2D eigenvalue weighted by Crippen LogP contribution is 2.49. The van der Waals surface area contributed by atoms with E-state index in [9.17, 15) is 0 Å². The van der Waals surface area contributed by atoms with Gasteiger partial charge in [-0.05, 0) is 179 Å². The smallest absolute Gasteiger partial charge is 0.143 e. The van der Waals surface area contributed by atoms with Gasteiger partial charge in [0.25, 0.3) is 0 Å². The fourth-order valence-electron chi connectivity index (χ4n) is 14.8. The van der Waals surface area contributed by atoms with Gasteiger partial charge in [0, 0.05) is 32.7 Å². The lowest BCUT2D eigenvalue weighted by molar-refractivity contribution is 0.590. The number of benzene rings is 16. The Morgan fingerprint density at radius 2 is 0.621 bits per heavy atom. The molecule has 16 aromatic carbocycles. The summed E-state index contributed by atoms with van der Waals surface area (Å²) in [6.45, 7) is 9.04. The molecule has 0 N–H and O–H groups in total. The van der Waals surface area contributed by atoms with Crippen LogP contribution >= 0.6 is 0 Å². The molecule has 0 unspecified atom stereocenters. The SMILES string of the molecule is Cc1ccccc1-c1ccc2ccc3c(-c4ccc(-c5cccc6c5oc5ccccc56)cc4)cc(-c4ccc5c(c4)oc4c(-c6ccc(-c7ccc8ccc9c(-c%10ccc(C(C)(C)C)cc%10)ccc%10ccc7c8c%109)cc6)cccc45)c4ccc1c2c34. The Labute approximate surface area is 503 Å². The highest BCUT2D eigenvalue weighted by atomic mass is 16.3. The van der Waals surface area contributed by atoms with Crippen LogP contribution in [0.1, 0.15) is 31.9 Å². The minimum atomic E-state index is 0.102. The lowest BCUT2D eigenvalue weighted by atomic mass is 9.83. The number of furan rings is 2. The first-order chi connectivity index (χ1) is 42.7. The Hall–Kier alpha value is -10.8. The summed E-state index contributed by atoms with van der Waals surface area (Å²) in [6.07, 6.45) is 0. The number of rotatable bonds is 7. The quantitative estimate of drug-likeness (QED) is 0.149. The molecule has 2 heterocycles. The standard InChI is InChI=1S/C85H56O2/c1-49-11-5-6-12-60(49)65-40-31-57-34-44-71-75(54-25-23-53(24-26-54)63-14-9-16-73-66-13-7-8-18-77(66)86-83(63)73)48-76(72-46-45-70(65)81(57)82(71)72)58-35-41-67-74-17-10-15-64(84(74)87-78(67)47-58)52-21-19-50(20-22-52)61-38-29-55-33-43-69-62(51-27-36-59(37-28-51)85(2,3)4)39-30-56-32-42-68(61)79(55)80(56)69/h5-48H,1-4H3. The van der Waals surface area contributed by atoms with E-state index in [1.165, 1.54) is 120 Å². The second-order valence-corrected chi connectivity index (χ2v) is 25.1. The molecule has 2 aromatic heterocycles. The molecule has 0 aliphatic rings. The molecule has 0 aliphatic heterocycles. The maximum atomic E-state index is 7.11. The predicted octanol–water partition coefficient (Wildman–Crippen LogP) is 24.6. The van der Waals surface area contributed by atoms with Gasteiger partial charge in [0.2, 0.25) is 0 Å². The van der Waals surface area contributed by atoms with Crippen molar-refractivity contribution in [3.8, 4) is 77.9 Å². The van der Waals surface area contributed by atoms with E-state index in [0.717, 1.165) is 77.3 Å². The fraction of sp³-hybridized carbons (Fsp3) is 0.0588. The first kappa shape index (κ1) is 49.6. The normalized spacial score (nSPS) is 12.4. The first-order valence-corrected chi connectivity index (χ1v) is 30.4. The molecule has 0 bridgehead atoms. The zero-order chi connectivity index (χ0) is 57.8. The molecule has 18 rings (SSSR count). The number of aryl methyl sites for hydroxylation is 1. The summed E-state index contributed by atoms with van der Waals surface area (Å²) in [7, 11) is 0. The van der Waals surface area contributed by atoms with Gasteiger partial charge >= 0.3 is 0 Å². The molecular formula is C85H56O2. The van der Waals surface area contributed by atoms with Crippen LogP contribution in [0.3, 0.4) is 0 Å². The molecule has 0 saturated carbocycles. The number of fused-ring (bicyclic) bond motifs is 6. The zero-order valence-electron chi connectivity index (χ0n) is 48.7. The minimum absolute atomic E-state index is 0.102. The molecule has 0 amide bonds. The Balaban J connectivity index is 0.747. The van der Waals surface area contributed by atoms with Gasteiger partial charge in [-0.3, -0.25) is 0 Å². The Morgan fingerprint density at radius 3 is 1.20 bits per heavy atom. The third-order valence-electron chi connectivity index (χ3n) is 19.2. The van der Waals surface area contributed by atoms with Gasteiger partial charge in [-0.25, -0.2) is 0 Å². The maximum absolute atomic E-state index is 7.11. The van der Waals surface area contributed by atoms with Gasteiger partial charge in [0.05, 0.1) is 0 Å². The molecule has 0 atom stereocenters. The average molecular weight is 1110 g/mol. The van der Waals surface area contributed by atoms with Crippen molar-refractivity contribution in [1.82, 2.24) is 0 Å². The van der Waals surface area contributed by atoms with Gasteiger partial charge in [0.15, 0.2) is 0 Å². The average Bonchev–Trinajstić information content (AvgIpc) is 1.48. The number of hydrogen-bond acceptors (Lipinski definition) is 2. The van der Waals surface area contributed by atoms with Gasteiger partial charge < -0.3 is 8.83 Å². The summed E-state index contributed by atoms with van der Waals surface area (Å²) >= 11 is 0. The molecule has 18 aromatic rings. The van der Waals surface area contributed by atoms with E-state index >= 15 is 0 Å². The zero-order valence-corrected chi connectivity index (χ0v) is 48.7. The van der Waals surface area contributed by atoms with Crippen molar-refractivity contribution in [2.24, 2.45) is 0 Å². The maximum Gasteiger partial charge on any atom is 0.143 e. The van der Waals surface area contributed by atoms with Crippen molar-refractivity contribution < 1.29 is 8.83 Å². The monoisotopic (exact) mass is 1110 g/mol. The summed E-state index contributed by atoms with van der Waals surface area (Å²) < 4.78 is 13.6. The van der Waals surface area contributed by atoms with Gasteiger partial charge in [-0.15, -0.1) is 0 Å². The Bertz CT molecular complexity index is 5830. The molecule has 87 heavy (non-hydrogen) atoms. The molecule has 2 nitrogen and oxygen atoms in total. The van der Waals surface area contributed by atoms with Crippen LogP contribution in [0.2, 0.25) is 0 Å². The van der Waals surface area contributed by atoms with Crippen molar-refractivity contribution in [1.29, 1.82) is 0 Å².